The van der Waals surface area contributed by atoms with Crippen LogP contribution in [0.4, 0.5) is 0 Å². The van der Waals surface area contributed by atoms with Crippen LogP contribution in [0.2, 0.25) is 0 Å². The third-order valence-corrected chi connectivity index (χ3v) is 5.98. The number of hydrogen-bond acceptors (Lipinski definition) is 7. The first-order chi connectivity index (χ1) is 16.8. The van der Waals surface area contributed by atoms with Crippen molar-refractivity contribution in [2.75, 3.05) is 0 Å². The van der Waals surface area contributed by atoms with Crippen molar-refractivity contribution in [3.63, 3.8) is 0 Å². The fourth-order valence-corrected chi connectivity index (χ4v) is 4.43. The van der Waals surface area contributed by atoms with Gasteiger partial charge in [-0.15, -0.1) is 0 Å². The SMILES string of the molecule is Oc1ccc(C=Cc2cc(O)c3c(c2)O[C@@H](c2ccc(O)cc2O)[C@@H]3c2cc(O)cc(O)c2)cc1. The van der Waals surface area contributed by atoms with Crippen LogP contribution >= 0.6 is 0 Å². The molecule has 7 nitrogen and oxygen atoms in total. The zero-order valence-corrected chi connectivity index (χ0v) is 18.3. The molecule has 0 spiro atoms. The van der Waals surface area contributed by atoms with E-state index in [1.165, 1.54) is 36.4 Å². The van der Waals surface area contributed by atoms with Crippen molar-refractivity contribution in [3.05, 3.63) is 101 Å². The van der Waals surface area contributed by atoms with E-state index in [-0.39, 0.29) is 34.5 Å². The molecule has 4 aromatic rings. The van der Waals surface area contributed by atoms with E-state index in [4.69, 9.17) is 4.74 Å². The topological polar surface area (TPSA) is 131 Å². The third kappa shape index (κ3) is 4.27. The van der Waals surface area contributed by atoms with E-state index in [1.807, 2.05) is 6.08 Å². The Hall–Kier alpha value is -4.78. The molecule has 6 N–H and O–H groups in total. The first kappa shape index (κ1) is 22.0. The molecule has 0 radical (unpaired) electrons. The first-order valence-electron chi connectivity index (χ1n) is 10.8. The molecule has 2 atom stereocenters. The highest BCUT2D eigenvalue weighted by Crippen LogP contribution is 2.55. The fourth-order valence-electron chi connectivity index (χ4n) is 4.43. The summed E-state index contributed by atoms with van der Waals surface area (Å²) in [4.78, 5) is 0. The number of hydrogen-bond donors (Lipinski definition) is 6. The molecule has 1 heterocycles. The van der Waals surface area contributed by atoms with Gasteiger partial charge >= 0.3 is 0 Å². The second kappa shape index (κ2) is 8.53. The first-order valence-corrected chi connectivity index (χ1v) is 10.8. The Morgan fingerprint density at radius 2 is 1.23 bits per heavy atom. The number of aromatic hydroxyl groups is 6. The molecule has 35 heavy (non-hydrogen) atoms. The summed E-state index contributed by atoms with van der Waals surface area (Å²) in [7, 11) is 0. The molecule has 0 aliphatic carbocycles. The van der Waals surface area contributed by atoms with Gasteiger partial charge in [-0.05, 0) is 65.2 Å². The highest BCUT2D eigenvalue weighted by molar-refractivity contribution is 5.73. The monoisotopic (exact) mass is 470 g/mol. The minimum atomic E-state index is -0.811. The smallest absolute Gasteiger partial charge is 0.138 e. The van der Waals surface area contributed by atoms with Gasteiger partial charge in [0.25, 0.3) is 0 Å². The van der Waals surface area contributed by atoms with E-state index >= 15 is 0 Å². The van der Waals surface area contributed by atoms with E-state index in [1.54, 1.807) is 42.5 Å². The van der Waals surface area contributed by atoms with Crippen LogP contribution in [0.1, 0.15) is 39.8 Å². The molecule has 0 unspecified atom stereocenters. The Morgan fingerprint density at radius 3 is 1.91 bits per heavy atom. The van der Waals surface area contributed by atoms with Crippen molar-refractivity contribution in [2.24, 2.45) is 0 Å². The Kier molecular flexibility index (Phi) is 5.37. The van der Waals surface area contributed by atoms with Gasteiger partial charge < -0.3 is 35.4 Å². The van der Waals surface area contributed by atoms with Gasteiger partial charge in [-0.3, -0.25) is 0 Å². The van der Waals surface area contributed by atoms with Crippen molar-refractivity contribution < 1.29 is 35.4 Å². The summed E-state index contributed by atoms with van der Waals surface area (Å²) in [5.74, 6) is -0.805. The largest absolute Gasteiger partial charge is 0.508 e. The van der Waals surface area contributed by atoms with Crippen LogP contribution in [0.15, 0.2) is 72.8 Å². The van der Waals surface area contributed by atoms with Crippen LogP contribution in [0.3, 0.4) is 0 Å². The van der Waals surface area contributed by atoms with Crippen LogP contribution < -0.4 is 4.74 Å². The van der Waals surface area contributed by atoms with Gasteiger partial charge in [0.15, 0.2) is 0 Å². The Balaban J connectivity index is 1.61. The second-order valence-electron chi connectivity index (χ2n) is 8.42. The van der Waals surface area contributed by atoms with E-state index in [0.29, 0.717) is 28.0 Å². The summed E-state index contributed by atoms with van der Waals surface area (Å²) in [6.07, 6.45) is 2.80. The lowest BCUT2D eigenvalue weighted by Crippen LogP contribution is -2.11. The van der Waals surface area contributed by atoms with Crippen LogP contribution in [0, 0.1) is 0 Å². The zero-order valence-electron chi connectivity index (χ0n) is 18.3. The summed E-state index contributed by atoms with van der Waals surface area (Å²) in [5.41, 5.74) is 2.79. The van der Waals surface area contributed by atoms with Crippen LogP contribution in [0.25, 0.3) is 12.2 Å². The van der Waals surface area contributed by atoms with Gasteiger partial charge in [0.05, 0.1) is 5.92 Å². The molecule has 0 saturated heterocycles. The van der Waals surface area contributed by atoms with Crippen molar-refractivity contribution in [2.45, 2.75) is 12.0 Å². The summed E-state index contributed by atoms with van der Waals surface area (Å²) in [6.45, 7) is 0. The van der Waals surface area contributed by atoms with E-state index < -0.39 is 12.0 Å². The molecule has 0 saturated carbocycles. The Bertz CT molecular complexity index is 1420. The number of rotatable bonds is 4. The summed E-state index contributed by atoms with van der Waals surface area (Å²) < 4.78 is 6.22. The molecule has 0 fully saturated rings. The van der Waals surface area contributed by atoms with Gasteiger partial charge in [0, 0.05) is 23.3 Å². The maximum atomic E-state index is 11.0. The molecule has 0 bridgehead atoms. The van der Waals surface area contributed by atoms with Crippen molar-refractivity contribution in [3.8, 4) is 40.2 Å². The average Bonchev–Trinajstić information content (AvgIpc) is 3.18. The van der Waals surface area contributed by atoms with E-state index in [0.717, 1.165) is 5.56 Å². The number of phenolic OH excluding ortho intramolecular Hbond substituents is 6. The normalized spacial score (nSPS) is 16.8. The Labute approximate surface area is 200 Å². The lowest BCUT2D eigenvalue weighted by atomic mass is 9.84. The molecule has 1 aliphatic rings. The lowest BCUT2D eigenvalue weighted by Gasteiger charge is -2.21. The Morgan fingerprint density at radius 1 is 0.571 bits per heavy atom. The summed E-state index contributed by atoms with van der Waals surface area (Å²) in [6, 6.07) is 18.3. The molecular weight excluding hydrogens is 448 g/mol. The van der Waals surface area contributed by atoms with Gasteiger partial charge in [-0.25, -0.2) is 0 Å². The molecule has 1 aliphatic heterocycles. The minimum Gasteiger partial charge on any atom is -0.508 e. The van der Waals surface area contributed by atoms with Crippen molar-refractivity contribution in [1.82, 2.24) is 0 Å². The molecule has 0 amide bonds. The highest BCUT2D eigenvalue weighted by Gasteiger charge is 2.40. The van der Waals surface area contributed by atoms with Crippen LogP contribution in [0.5, 0.6) is 40.2 Å². The maximum Gasteiger partial charge on any atom is 0.138 e. The van der Waals surface area contributed by atoms with Gasteiger partial charge in [-0.1, -0.05) is 24.3 Å². The number of benzene rings is 4. The van der Waals surface area contributed by atoms with Crippen molar-refractivity contribution in [1.29, 1.82) is 0 Å². The number of phenols is 6. The van der Waals surface area contributed by atoms with Crippen LogP contribution in [-0.4, -0.2) is 30.6 Å². The quantitative estimate of drug-likeness (QED) is 0.222. The second-order valence-corrected chi connectivity index (χ2v) is 8.42. The summed E-state index contributed by atoms with van der Waals surface area (Å²) >= 11 is 0. The van der Waals surface area contributed by atoms with Gasteiger partial charge in [0.2, 0.25) is 0 Å². The maximum absolute atomic E-state index is 11.0. The standard InChI is InChI=1S/C28H22O7/c29-18-5-3-15(4-6-18)1-2-16-9-24(34)27-25(10-16)35-28(22-8-7-19(30)14-23(22)33)26(27)17-11-20(31)13-21(32)12-17/h1-14,26,28-34H/t26-,28+/m1/s1. The predicted molar refractivity (Wildman–Crippen MR) is 130 cm³/mol. The molecule has 176 valence electrons. The number of ether oxygens (including phenoxy) is 1. The molecule has 0 aromatic heterocycles. The summed E-state index contributed by atoms with van der Waals surface area (Å²) in [5, 5.41) is 60.9. The fraction of sp³-hybridized carbons (Fsp3) is 0.0714. The number of fused-ring (bicyclic) bond motifs is 1. The van der Waals surface area contributed by atoms with Gasteiger partial charge in [0.1, 0.15) is 46.4 Å². The average molecular weight is 470 g/mol. The molecular formula is C28H22O7. The van der Waals surface area contributed by atoms with E-state index in [9.17, 15) is 30.6 Å². The molecule has 4 aromatic carbocycles. The van der Waals surface area contributed by atoms with E-state index in [2.05, 4.69) is 0 Å². The van der Waals surface area contributed by atoms with Gasteiger partial charge in [-0.2, -0.15) is 0 Å². The lowest BCUT2D eigenvalue weighted by molar-refractivity contribution is 0.217. The third-order valence-electron chi connectivity index (χ3n) is 5.98. The highest BCUT2D eigenvalue weighted by atomic mass is 16.5. The van der Waals surface area contributed by atoms with Crippen molar-refractivity contribution >= 4 is 12.2 Å². The molecule has 5 rings (SSSR count). The minimum absolute atomic E-state index is 0.0542. The zero-order chi connectivity index (χ0) is 24.7. The predicted octanol–water partition coefficient (Wildman–Crippen LogP) is 5.36. The van der Waals surface area contributed by atoms with Crippen LogP contribution in [-0.2, 0) is 0 Å². The molecule has 7 heteroatoms.